The Bertz CT molecular complexity index is 310. The average molecular weight is 234 g/mol. The molecule has 0 aliphatic carbocycles. The van der Waals surface area contributed by atoms with Crippen molar-refractivity contribution in [2.45, 2.75) is 51.4 Å². The van der Waals surface area contributed by atoms with Crippen LogP contribution in [0.5, 0.6) is 0 Å². The lowest BCUT2D eigenvalue weighted by Crippen LogP contribution is -2.09. The molecule has 0 spiro atoms. The van der Waals surface area contributed by atoms with E-state index in [9.17, 15) is 0 Å². The molecule has 0 amide bonds. The molecule has 94 valence electrons. The topological polar surface area (TPSA) is 18.5 Å². The molecule has 17 heavy (non-hydrogen) atoms. The molecule has 0 bridgehead atoms. The van der Waals surface area contributed by atoms with E-state index in [1.807, 2.05) is 18.2 Å². The molecule has 1 heterocycles. The van der Waals surface area contributed by atoms with Crippen LogP contribution in [0, 0.1) is 0 Å². The molecule has 2 nitrogen and oxygen atoms in total. The monoisotopic (exact) mass is 234 g/mol. The van der Waals surface area contributed by atoms with Gasteiger partial charge in [-0.1, -0.05) is 62.9 Å². The van der Waals surface area contributed by atoms with Crippen molar-refractivity contribution in [2.75, 3.05) is 6.61 Å². The maximum absolute atomic E-state index is 5.91. The van der Waals surface area contributed by atoms with Gasteiger partial charge in [0.15, 0.2) is 6.29 Å². The molecule has 1 aliphatic rings. The Kier molecular flexibility index (Phi) is 5.02. The number of rotatable bonds is 6. The first kappa shape index (κ1) is 12.6. The summed E-state index contributed by atoms with van der Waals surface area (Å²) >= 11 is 0. The quantitative estimate of drug-likeness (QED) is 0.691. The van der Waals surface area contributed by atoms with Crippen molar-refractivity contribution in [3.8, 4) is 0 Å². The summed E-state index contributed by atoms with van der Waals surface area (Å²) < 4.78 is 11.6. The highest BCUT2D eigenvalue weighted by Gasteiger charge is 2.26. The van der Waals surface area contributed by atoms with E-state index in [-0.39, 0.29) is 12.4 Å². The summed E-state index contributed by atoms with van der Waals surface area (Å²) in [6, 6.07) is 10.2. The lowest BCUT2D eigenvalue weighted by molar-refractivity contribution is -0.0613. The van der Waals surface area contributed by atoms with Crippen LogP contribution in [-0.2, 0) is 9.47 Å². The molecule has 1 fully saturated rings. The van der Waals surface area contributed by atoms with E-state index < -0.39 is 0 Å². The standard InChI is InChI=1S/C15H22O2/c1-2-3-4-8-11-14-12-16-15(17-14)13-9-6-5-7-10-13/h5-7,9-10,14-15H,2-4,8,11-12H2,1H3/t14-,15+/m0/s1. The zero-order valence-electron chi connectivity index (χ0n) is 10.6. The Morgan fingerprint density at radius 3 is 2.71 bits per heavy atom. The number of hydrogen-bond donors (Lipinski definition) is 0. The molecule has 0 aromatic heterocycles. The third kappa shape index (κ3) is 3.83. The number of unbranched alkanes of at least 4 members (excludes halogenated alkanes) is 3. The Balaban J connectivity index is 1.72. The third-order valence-corrected chi connectivity index (χ3v) is 3.20. The maximum Gasteiger partial charge on any atom is 0.184 e. The lowest BCUT2D eigenvalue weighted by Gasteiger charge is -2.11. The average Bonchev–Trinajstić information content (AvgIpc) is 2.85. The van der Waals surface area contributed by atoms with Crippen molar-refractivity contribution in [3.05, 3.63) is 35.9 Å². The maximum atomic E-state index is 5.91. The first-order valence-corrected chi connectivity index (χ1v) is 6.72. The molecule has 2 atom stereocenters. The highest BCUT2D eigenvalue weighted by atomic mass is 16.7. The first-order chi connectivity index (χ1) is 8.40. The molecule has 0 saturated carbocycles. The summed E-state index contributed by atoms with van der Waals surface area (Å²) in [5.41, 5.74) is 1.13. The Morgan fingerprint density at radius 1 is 1.12 bits per heavy atom. The molecule has 0 radical (unpaired) electrons. The first-order valence-electron chi connectivity index (χ1n) is 6.72. The van der Waals surface area contributed by atoms with Gasteiger partial charge in [0.25, 0.3) is 0 Å². The van der Waals surface area contributed by atoms with Crippen LogP contribution >= 0.6 is 0 Å². The van der Waals surface area contributed by atoms with Gasteiger partial charge in [-0.25, -0.2) is 0 Å². The third-order valence-electron chi connectivity index (χ3n) is 3.20. The van der Waals surface area contributed by atoms with Crippen LogP contribution in [-0.4, -0.2) is 12.7 Å². The van der Waals surface area contributed by atoms with E-state index in [1.165, 1.54) is 25.7 Å². The van der Waals surface area contributed by atoms with Gasteiger partial charge in [-0.05, 0) is 6.42 Å². The molecule has 1 saturated heterocycles. The van der Waals surface area contributed by atoms with Crippen molar-refractivity contribution in [1.82, 2.24) is 0 Å². The summed E-state index contributed by atoms with van der Waals surface area (Å²) in [7, 11) is 0. The van der Waals surface area contributed by atoms with Crippen LogP contribution in [0.15, 0.2) is 30.3 Å². The lowest BCUT2D eigenvalue weighted by atomic mass is 10.1. The second-order valence-electron chi connectivity index (χ2n) is 4.68. The van der Waals surface area contributed by atoms with Crippen molar-refractivity contribution in [3.63, 3.8) is 0 Å². The van der Waals surface area contributed by atoms with Gasteiger partial charge in [-0.3, -0.25) is 0 Å². The summed E-state index contributed by atoms with van der Waals surface area (Å²) in [5.74, 6) is 0. The fourth-order valence-electron chi connectivity index (χ4n) is 2.18. The summed E-state index contributed by atoms with van der Waals surface area (Å²) in [4.78, 5) is 0. The molecule has 1 aromatic carbocycles. The Labute approximate surface area is 104 Å². The van der Waals surface area contributed by atoms with E-state index in [4.69, 9.17) is 9.47 Å². The van der Waals surface area contributed by atoms with Crippen LogP contribution in [0.3, 0.4) is 0 Å². The van der Waals surface area contributed by atoms with Crippen LogP contribution in [0.1, 0.15) is 50.9 Å². The second-order valence-corrected chi connectivity index (χ2v) is 4.68. The predicted molar refractivity (Wildman–Crippen MR) is 68.8 cm³/mol. The minimum atomic E-state index is -0.146. The second kappa shape index (κ2) is 6.77. The normalized spacial score (nSPS) is 24.1. The summed E-state index contributed by atoms with van der Waals surface area (Å²) in [6.07, 6.45) is 6.45. The fourth-order valence-corrected chi connectivity index (χ4v) is 2.18. The van der Waals surface area contributed by atoms with Crippen molar-refractivity contribution in [1.29, 1.82) is 0 Å². The van der Waals surface area contributed by atoms with Gasteiger partial charge < -0.3 is 9.47 Å². The van der Waals surface area contributed by atoms with Crippen molar-refractivity contribution >= 4 is 0 Å². The van der Waals surface area contributed by atoms with Gasteiger partial charge in [0.2, 0.25) is 0 Å². The number of ether oxygens (including phenoxy) is 2. The molecule has 2 rings (SSSR count). The molecule has 1 aliphatic heterocycles. The van der Waals surface area contributed by atoms with Crippen LogP contribution < -0.4 is 0 Å². The SMILES string of the molecule is CCCCCC[C@H]1CO[C@@H](c2ccccc2)O1. The van der Waals surface area contributed by atoms with Gasteiger partial charge in [-0.15, -0.1) is 0 Å². The zero-order valence-corrected chi connectivity index (χ0v) is 10.6. The number of benzene rings is 1. The van der Waals surface area contributed by atoms with Gasteiger partial charge >= 0.3 is 0 Å². The Hall–Kier alpha value is -0.860. The van der Waals surface area contributed by atoms with Gasteiger partial charge in [-0.2, -0.15) is 0 Å². The van der Waals surface area contributed by atoms with Crippen LogP contribution in [0.25, 0.3) is 0 Å². The van der Waals surface area contributed by atoms with Crippen LogP contribution in [0.2, 0.25) is 0 Å². The molecular weight excluding hydrogens is 212 g/mol. The molecule has 0 unspecified atom stereocenters. The molecule has 2 heteroatoms. The fraction of sp³-hybridized carbons (Fsp3) is 0.600. The minimum absolute atomic E-state index is 0.146. The van der Waals surface area contributed by atoms with E-state index in [2.05, 4.69) is 19.1 Å². The largest absolute Gasteiger partial charge is 0.346 e. The van der Waals surface area contributed by atoms with Crippen molar-refractivity contribution in [2.24, 2.45) is 0 Å². The van der Waals surface area contributed by atoms with E-state index >= 15 is 0 Å². The number of hydrogen-bond acceptors (Lipinski definition) is 2. The Morgan fingerprint density at radius 2 is 1.94 bits per heavy atom. The van der Waals surface area contributed by atoms with Crippen molar-refractivity contribution < 1.29 is 9.47 Å². The summed E-state index contributed by atoms with van der Waals surface area (Å²) in [5, 5.41) is 0. The van der Waals surface area contributed by atoms with Gasteiger partial charge in [0.05, 0.1) is 12.7 Å². The van der Waals surface area contributed by atoms with Crippen LogP contribution in [0.4, 0.5) is 0 Å². The van der Waals surface area contributed by atoms with Gasteiger partial charge in [0, 0.05) is 5.56 Å². The molecule has 1 aromatic rings. The molecule has 0 N–H and O–H groups in total. The highest BCUT2D eigenvalue weighted by Crippen LogP contribution is 2.28. The zero-order chi connectivity index (χ0) is 11.9. The van der Waals surface area contributed by atoms with E-state index in [0.717, 1.165) is 18.6 Å². The molecular formula is C15H22O2. The van der Waals surface area contributed by atoms with Gasteiger partial charge in [0.1, 0.15) is 0 Å². The minimum Gasteiger partial charge on any atom is -0.346 e. The predicted octanol–water partition coefficient (Wildman–Crippen LogP) is 4.07. The van der Waals surface area contributed by atoms with E-state index in [1.54, 1.807) is 0 Å². The highest BCUT2D eigenvalue weighted by molar-refractivity contribution is 5.16. The van der Waals surface area contributed by atoms with E-state index in [0.29, 0.717) is 0 Å². The smallest absolute Gasteiger partial charge is 0.184 e. The summed E-state index contributed by atoms with van der Waals surface area (Å²) in [6.45, 7) is 2.98.